The number of pyridine rings is 1. The molecule has 3 aliphatic heterocycles. The first kappa shape index (κ1) is 23.3. The van der Waals surface area contributed by atoms with Gasteiger partial charge < -0.3 is 14.7 Å². The largest absolute Gasteiger partial charge is 0.369 e. The number of anilines is 1. The highest BCUT2D eigenvalue weighted by molar-refractivity contribution is 8.18. The number of nitrogens with zero attached hydrogens (tertiary/aromatic N) is 5. The van der Waals surface area contributed by atoms with Crippen LogP contribution in [-0.2, 0) is 4.79 Å². The molecule has 0 spiro atoms. The van der Waals surface area contributed by atoms with Crippen LogP contribution in [0.1, 0.15) is 24.8 Å². The number of thioether (sulfide) groups is 1. The highest BCUT2D eigenvalue weighted by Gasteiger charge is 2.27. The third-order valence-corrected chi connectivity index (χ3v) is 8.39. The number of amides is 1. The van der Waals surface area contributed by atoms with Crippen LogP contribution in [0.15, 0.2) is 64.6 Å². The van der Waals surface area contributed by atoms with Gasteiger partial charge in [-0.2, -0.15) is 4.99 Å². The molecule has 0 aliphatic carbocycles. The summed E-state index contributed by atoms with van der Waals surface area (Å²) in [6, 6.07) is 17.2. The summed E-state index contributed by atoms with van der Waals surface area (Å²) in [4.78, 5) is 29.4. The zero-order valence-electron chi connectivity index (χ0n) is 20.7. The van der Waals surface area contributed by atoms with Gasteiger partial charge in [-0.15, -0.1) is 0 Å². The van der Waals surface area contributed by atoms with Gasteiger partial charge in [0.1, 0.15) is 0 Å². The van der Waals surface area contributed by atoms with E-state index in [1.807, 2.05) is 24.4 Å². The summed E-state index contributed by atoms with van der Waals surface area (Å²) in [6.07, 6.45) is 7.45. The van der Waals surface area contributed by atoms with Crippen LogP contribution < -0.4 is 4.90 Å². The molecular formula is C29H31N5OS. The Labute approximate surface area is 216 Å². The van der Waals surface area contributed by atoms with E-state index in [1.165, 1.54) is 42.3 Å². The van der Waals surface area contributed by atoms with E-state index in [1.54, 1.807) is 0 Å². The number of benzene rings is 2. The molecule has 2 fully saturated rings. The van der Waals surface area contributed by atoms with E-state index in [4.69, 9.17) is 0 Å². The Kier molecular flexibility index (Phi) is 6.50. The Morgan fingerprint density at radius 2 is 1.64 bits per heavy atom. The van der Waals surface area contributed by atoms with Crippen molar-refractivity contribution in [3.8, 4) is 11.1 Å². The Balaban J connectivity index is 1.26. The molecule has 4 heterocycles. The molecule has 1 aromatic heterocycles. The lowest BCUT2D eigenvalue weighted by Gasteiger charge is -2.34. The number of carbonyl (C=O) groups excluding carboxylic acids is 1. The number of fused-ring (bicyclic) bond motifs is 1. The van der Waals surface area contributed by atoms with Crippen LogP contribution in [0.5, 0.6) is 0 Å². The van der Waals surface area contributed by atoms with Gasteiger partial charge in [0.15, 0.2) is 5.17 Å². The van der Waals surface area contributed by atoms with Gasteiger partial charge in [0.05, 0.1) is 10.4 Å². The number of likely N-dealkylation sites (tertiary alicyclic amines) is 1. The number of likely N-dealkylation sites (N-methyl/N-ethyl adjacent to an activating group) is 1. The number of piperazine rings is 1. The number of rotatable bonds is 3. The van der Waals surface area contributed by atoms with Crippen molar-refractivity contribution in [2.45, 2.75) is 19.3 Å². The van der Waals surface area contributed by atoms with Gasteiger partial charge in [0, 0.05) is 56.5 Å². The van der Waals surface area contributed by atoms with Gasteiger partial charge in [-0.05, 0) is 91.2 Å². The van der Waals surface area contributed by atoms with Crippen molar-refractivity contribution in [1.82, 2.24) is 14.8 Å². The van der Waals surface area contributed by atoms with E-state index in [-0.39, 0.29) is 5.91 Å². The summed E-state index contributed by atoms with van der Waals surface area (Å²) < 4.78 is 0. The quantitative estimate of drug-likeness (QED) is 0.469. The maximum absolute atomic E-state index is 12.6. The van der Waals surface area contributed by atoms with Gasteiger partial charge in [-0.1, -0.05) is 18.2 Å². The summed E-state index contributed by atoms with van der Waals surface area (Å²) in [5, 5.41) is 1.95. The van der Waals surface area contributed by atoms with Crippen molar-refractivity contribution in [2.75, 3.05) is 51.2 Å². The molecule has 2 aromatic carbocycles. The molecular weight excluding hydrogens is 466 g/mol. The second-order valence-corrected chi connectivity index (χ2v) is 10.8. The van der Waals surface area contributed by atoms with E-state index in [0.29, 0.717) is 4.91 Å². The Bertz CT molecular complexity index is 1340. The highest BCUT2D eigenvalue weighted by Crippen LogP contribution is 2.34. The second-order valence-electron chi connectivity index (χ2n) is 9.83. The average molecular weight is 498 g/mol. The van der Waals surface area contributed by atoms with Crippen LogP contribution in [0.25, 0.3) is 28.1 Å². The van der Waals surface area contributed by atoms with Crippen LogP contribution in [-0.4, -0.2) is 72.2 Å². The lowest BCUT2D eigenvalue weighted by molar-refractivity contribution is -0.113. The molecule has 0 bridgehead atoms. The summed E-state index contributed by atoms with van der Waals surface area (Å²) >= 11 is 1.51. The van der Waals surface area contributed by atoms with Gasteiger partial charge in [-0.3, -0.25) is 9.78 Å². The fraction of sp³-hybridized carbons (Fsp3) is 0.345. The Morgan fingerprint density at radius 1 is 0.861 bits per heavy atom. The molecule has 0 saturated carbocycles. The molecule has 0 radical (unpaired) electrons. The summed E-state index contributed by atoms with van der Waals surface area (Å²) in [6.45, 7) is 6.30. The van der Waals surface area contributed by atoms with Crippen molar-refractivity contribution < 1.29 is 4.79 Å². The average Bonchev–Trinajstić information content (AvgIpc) is 3.29. The minimum atomic E-state index is -0.133. The van der Waals surface area contributed by atoms with Crippen LogP contribution in [0.2, 0.25) is 0 Å². The van der Waals surface area contributed by atoms with Crippen LogP contribution in [0, 0.1) is 0 Å². The summed E-state index contributed by atoms with van der Waals surface area (Å²) in [5.74, 6) is -0.133. The van der Waals surface area contributed by atoms with E-state index >= 15 is 0 Å². The third kappa shape index (κ3) is 4.77. The fourth-order valence-electron chi connectivity index (χ4n) is 5.19. The Hall–Kier alpha value is -3.16. The third-order valence-electron chi connectivity index (χ3n) is 7.35. The smallest absolute Gasteiger partial charge is 0.286 e. The predicted octanol–water partition coefficient (Wildman–Crippen LogP) is 5.11. The molecule has 2 saturated heterocycles. The van der Waals surface area contributed by atoms with Gasteiger partial charge in [-0.25, -0.2) is 0 Å². The molecule has 0 unspecified atom stereocenters. The number of aliphatic imine (C=N–C) groups is 1. The number of carbonyl (C=O) groups is 1. The van der Waals surface area contributed by atoms with E-state index in [2.05, 4.69) is 68.1 Å². The maximum Gasteiger partial charge on any atom is 0.286 e. The Morgan fingerprint density at radius 3 is 2.42 bits per heavy atom. The van der Waals surface area contributed by atoms with Gasteiger partial charge in [0.25, 0.3) is 5.91 Å². The van der Waals surface area contributed by atoms with Gasteiger partial charge in [0.2, 0.25) is 0 Å². The lowest BCUT2D eigenvalue weighted by atomic mass is 9.99. The van der Waals surface area contributed by atoms with E-state index < -0.39 is 0 Å². The van der Waals surface area contributed by atoms with E-state index in [9.17, 15) is 4.79 Å². The molecule has 0 N–H and O–H groups in total. The first-order chi connectivity index (χ1) is 17.6. The molecule has 184 valence electrons. The van der Waals surface area contributed by atoms with Crippen LogP contribution in [0.3, 0.4) is 0 Å². The molecule has 1 amide bonds. The number of aromatic nitrogens is 1. The summed E-state index contributed by atoms with van der Waals surface area (Å²) in [7, 11) is 2.18. The van der Waals surface area contributed by atoms with Crippen LogP contribution >= 0.6 is 11.8 Å². The summed E-state index contributed by atoms with van der Waals surface area (Å²) in [5.41, 5.74) is 5.55. The second kappa shape index (κ2) is 10.1. The predicted molar refractivity (Wildman–Crippen MR) is 150 cm³/mol. The topological polar surface area (TPSA) is 52.0 Å². The maximum atomic E-state index is 12.6. The molecule has 6 nitrogen and oxygen atoms in total. The SMILES string of the molecule is CN1CCN(c2ccc(-c3ccnc4ccc(C=C5SC(N6CCCCC6)=NC5=O)cc34)cc2)CC1. The first-order valence-electron chi connectivity index (χ1n) is 12.8. The zero-order valence-corrected chi connectivity index (χ0v) is 21.5. The molecule has 36 heavy (non-hydrogen) atoms. The van der Waals surface area contributed by atoms with Crippen molar-refractivity contribution in [1.29, 1.82) is 0 Å². The van der Waals surface area contributed by atoms with Crippen molar-refractivity contribution in [3.63, 3.8) is 0 Å². The van der Waals surface area contributed by atoms with Crippen molar-refractivity contribution in [3.05, 3.63) is 65.2 Å². The molecule has 6 rings (SSSR count). The first-order valence-corrected chi connectivity index (χ1v) is 13.7. The highest BCUT2D eigenvalue weighted by atomic mass is 32.2. The number of amidine groups is 1. The molecule has 3 aliphatic rings. The van der Waals surface area contributed by atoms with Crippen molar-refractivity contribution in [2.24, 2.45) is 4.99 Å². The van der Waals surface area contributed by atoms with Crippen LogP contribution in [0.4, 0.5) is 5.69 Å². The number of piperidine rings is 1. The monoisotopic (exact) mass is 497 g/mol. The zero-order chi connectivity index (χ0) is 24.5. The molecule has 0 atom stereocenters. The minimum Gasteiger partial charge on any atom is -0.369 e. The number of hydrogen-bond donors (Lipinski definition) is 0. The van der Waals surface area contributed by atoms with Gasteiger partial charge >= 0.3 is 0 Å². The number of hydrogen-bond acceptors (Lipinski definition) is 6. The standard InChI is InChI=1S/C29H31N5OS/c1-32-15-17-33(18-16-32)23-8-6-22(7-9-23)24-11-12-30-26-10-5-21(19-25(24)26)20-27-28(35)31-29(36-27)34-13-3-2-4-14-34/h5-12,19-20H,2-4,13-18H2,1H3. The molecule has 7 heteroatoms. The van der Waals surface area contributed by atoms with E-state index in [0.717, 1.165) is 66.5 Å². The van der Waals surface area contributed by atoms with Crippen molar-refractivity contribution >= 4 is 45.5 Å². The minimum absolute atomic E-state index is 0.133. The lowest BCUT2D eigenvalue weighted by Crippen LogP contribution is -2.44. The molecule has 3 aromatic rings. The fourth-order valence-corrected chi connectivity index (χ4v) is 6.16. The normalized spacial score (nSPS) is 20.4.